The number of carbonyl (C=O) groups excluding carboxylic acids is 1. The van der Waals surface area contributed by atoms with Crippen molar-refractivity contribution in [2.75, 3.05) is 26.7 Å². The van der Waals surface area contributed by atoms with E-state index in [-0.39, 0.29) is 11.8 Å². The van der Waals surface area contributed by atoms with Gasteiger partial charge in [-0.3, -0.25) is 10.2 Å². The van der Waals surface area contributed by atoms with E-state index in [2.05, 4.69) is 11.5 Å². The number of ether oxygens (including phenoxy) is 1. The number of nitriles is 1. The first kappa shape index (κ1) is 16.0. The molecule has 0 aliphatic rings. The summed E-state index contributed by atoms with van der Waals surface area (Å²) in [5, 5.41) is 8.73. The van der Waals surface area contributed by atoms with Crippen molar-refractivity contribution >= 4 is 5.91 Å². The summed E-state index contributed by atoms with van der Waals surface area (Å²) in [4.78, 5) is 13.3. The van der Waals surface area contributed by atoms with E-state index in [9.17, 15) is 4.79 Å². The quantitative estimate of drug-likeness (QED) is 0.436. The van der Waals surface area contributed by atoms with Crippen LogP contribution in [-0.4, -0.2) is 37.6 Å². The average Bonchev–Trinajstić information content (AvgIpc) is 2.47. The third-order valence-corrected chi connectivity index (χ3v) is 2.80. The molecule has 0 saturated carbocycles. The lowest BCUT2D eigenvalue weighted by Crippen LogP contribution is -2.30. The van der Waals surface area contributed by atoms with Gasteiger partial charge in [0, 0.05) is 18.7 Å². The van der Waals surface area contributed by atoms with Gasteiger partial charge >= 0.3 is 0 Å². The standard InChI is InChI=1S/C14H20N4O2/c1-11(9-15)10-18(2)7-8-20-13-5-3-12(4-6-13)14(19)17-16/h3-6,11H,7-8,10,16H2,1-2H3,(H,17,19). The highest BCUT2D eigenvalue weighted by molar-refractivity contribution is 5.93. The molecule has 108 valence electrons. The number of likely N-dealkylation sites (N-methyl/N-ethyl adjacent to an activating group) is 1. The predicted molar refractivity (Wildman–Crippen MR) is 75.9 cm³/mol. The number of nitrogens with two attached hydrogens (primary N) is 1. The van der Waals surface area contributed by atoms with Gasteiger partial charge in [-0.2, -0.15) is 5.26 Å². The molecule has 1 aromatic rings. The van der Waals surface area contributed by atoms with Crippen molar-refractivity contribution in [3.8, 4) is 11.8 Å². The fourth-order valence-electron chi connectivity index (χ4n) is 1.70. The summed E-state index contributed by atoms with van der Waals surface area (Å²) in [6.07, 6.45) is 0. The van der Waals surface area contributed by atoms with Crippen molar-refractivity contribution in [1.29, 1.82) is 5.26 Å². The molecule has 3 N–H and O–H groups in total. The number of nitrogens with zero attached hydrogens (tertiary/aromatic N) is 2. The Morgan fingerprint density at radius 3 is 2.70 bits per heavy atom. The van der Waals surface area contributed by atoms with E-state index in [1.807, 2.05) is 18.9 Å². The zero-order valence-corrected chi connectivity index (χ0v) is 11.8. The number of nitrogens with one attached hydrogen (secondary N) is 1. The van der Waals surface area contributed by atoms with Crippen molar-refractivity contribution in [2.24, 2.45) is 11.8 Å². The van der Waals surface area contributed by atoms with Gasteiger partial charge in [0.15, 0.2) is 0 Å². The van der Waals surface area contributed by atoms with E-state index in [1.165, 1.54) is 0 Å². The number of carbonyl (C=O) groups is 1. The second kappa shape index (κ2) is 8.15. The van der Waals surface area contributed by atoms with Crippen LogP contribution >= 0.6 is 0 Å². The topological polar surface area (TPSA) is 91.4 Å². The summed E-state index contributed by atoms with van der Waals surface area (Å²) in [6.45, 7) is 3.86. The molecule has 20 heavy (non-hydrogen) atoms. The predicted octanol–water partition coefficient (Wildman–Crippen LogP) is 0.760. The molecule has 0 aliphatic carbocycles. The Balaban J connectivity index is 2.36. The maximum Gasteiger partial charge on any atom is 0.265 e. The summed E-state index contributed by atoms with van der Waals surface area (Å²) in [7, 11) is 1.95. The molecule has 0 aliphatic heterocycles. The second-order valence-electron chi connectivity index (χ2n) is 4.64. The number of hydrogen-bond donors (Lipinski definition) is 2. The van der Waals surface area contributed by atoms with Crippen LogP contribution in [-0.2, 0) is 0 Å². The van der Waals surface area contributed by atoms with Gasteiger partial charge in [0.05, 0.1) is 12.0 Å². The van der Waals surface area contributed by atoms with Crippen LogP contribution in [0.3, 0.4) is 0 Å². The molecule has 0 spiro atoms. The monoisotopic (exact) mass is 276 g/mol. The Morgan fingerprint density at radius 2 is 2.15 bits per heavy atom. The molecule has 1 atom stereocenters. The minimum Gasteiger partial charge on any atom is -0.492 e. The van der Waals surface area contributed by atoms with Crippen molar-refractivity contribution < 1.29 is 9.53 Å². The summed E-state index contributed by atoms with van der Waals surface area (Å²) in [6, 6.07) is 8.95. The van der Waals surface area contributed by atoms with Crippen molar-refractivity contribution in [3.05, 3.63) is 29.8 Å². The molecular weight excluding hydrogens is 256 g/mol. The Kier molecular flexibility index (Phi) is 6.50. The van der Waals surface area contributed by atoms with Crippen molar-refractivity contribution in [1.82, 2.24) is 10.3 Å². The van der Waals surface area contributed by atoms with E-state index in [1.54, 1.807) is 24.3 Å². The van der Waals surface area contributed by atoms with Crippen LogP contribution in [0, 0.1) is 17.2 Å². The molecule has 1 rings (SSSR count). The van der Waals surface area contributed by atoms with E-state index < -0.39 is 0 Å². The molecule has 0 aromatic heterocycles. The molecule has 0 radical (unpaired) electrons. The lowest BCUT2D eigenvalue weighted by molar-refractivity contribution is 0.0953. The largest absolute Gasteiger partial charge is 0.492 e. The third-order valence-electron chi connectivity index (χ3n) is 2.80. The third kappa shape index (κ3) is 5.26. The molecule has 1 aromatic carbocycles. The Bertz CT molecular complexity index is 467. The molecule has 0 saturated heterocycles. The molecular formula is C14H20N4O2. The summed E-state index contributed by atoms with van der Waals surface area (Å²) in [5.74, 6) is 5.42. The summed E-state index contributed by atoms with van der Waals surface area (Å²) < 4.78 is 5.57. The van der Waals surface area contributed by atoms with E-state index in [0.717, 1.165) is 13.1 Å². The van der Waals surface area contributed by atoms with Crippen LogP contribution in [0.25, 0.3) is 0 Å². The van der Waals surface area contributed by atoms with Crippen molar-refractivity contribution in [2.45, 2.75) is 6.92 Å². The fourth-order valence-corrected chi connectivity index (χ4v) is 1.70. The Labute approximate surface area is 119 Å². The Morgan fingerprint density at radius 1 is 1.50 bits per heavy atom. The highest BCUT2D eigenvalue weighted by atomic mass is 16.5. The molecule has 0 fully saturated rings. The highest BCUT2D eigenvalue weighted by Crippen LogP contribution is 2.12. The van der Waals surface area contributed by atoms with Crippen LogP contribution in [0.15, 0.2) is 24.3 Å². The van der Waals surface area contributed by atoms with Gasteiger partial charge in [0.2, 0.25) is 0 Å². The number of hydrogen-bond acceptors (Lipinski definition) is 5. The van der Waals surface area contributed by atoms with E-state index in [0.29, 0.717) is 17.9 Å². The average molecular weight is 276 g/mol. The SMILES string of the molecule is CC(C#N)CN(C)CCOc1ccc(C(=O)NN)cc1. The molecule has 1 amide bonds. The lowest BCUT2D eigenvalue weighted by Gasteiger charge is -2.17. The van der Waals surface area contributed by atoms with Crippen molar-refractivity contribution in [3.63, 3.8) is 0 Å². The van der Waals surface area contributed by atoms with E-state index >= 15 is 0 Å². The highest BCUT2D eigenvalue weighted by Gasteiger charge is 2.06. The van der Waals surface area contributed by atoms with Crippen LogP contribution in [0.1, 0.15) is 17.3 Å². The minimum atomic E-state index is -0.332. The Hall–Kier alpha value is -2.10. The zero-order valence-electron chi connectivity index (χ0n) is 11.8. The number of amides is 1. The lowest BCUT2D eigenvalue weighted by atomic mass is 10.2. The van der Waals surface area contributed by atoms with Crippen LogP contribution in [0.2, 0.25) is 0 Å². The maximum atomic E-state index is 11.2. The summed E-state index contributed by atoms with van der Waals surface area (Å²) >= 11 is 0. The van der Waals surface area contributed by atoms with Gasteiger partial charge in [-0.25, -0.2) is 5.84 Å². The van der Waals surface area contributed by atoms with Gasteiger partial charge in [0.25, 0.3) is 5.91 Å². The number of rotatable bonds is 7. The number of benzene rings is 1. The normalized spacial score (nSPS) is 11.8. The first-order chi connectivity index (χ1) is 9.56. The summed E-state index contributed by atoms with van der Waals surface area (Å²) in [5.41, 5.74) is 2.56. The van der Waals surface area contributed by atoms with Crippen LogP contribution in [0.5, 0.6) is 5.75 Å². The van der Waals surface area contributed by atoms with Gasteiger partial charge < -0.3 is 9.64 Å². The van der Waals surface area contributed by atoms with Crippen LogP contribution < -0.4 is 16.0 Å². The molecule has 0 bridgehead atoms. The smallest absolute Gasteiger partial charge is 0.265 e. The fraction of sp³-hybridized carbons (Fsp3) is 0.429. The molecule has 0 heterocycles. The van der Waals surface area contributed by atoms with Gasteiger partial charge in [-0.05, 0) is 38.2 Å². The van der Waals surface area contributed by atoms with Crippen LogP contribution in [0.4, 0.5) is 0 Å². The second-order valence-corrected chi connectivity index (χ2v) is 4.64. The minimum absolute atomic E-state index is 0.00839. The van der Waals surface area contributed by atoms with E-state index in [4.69, 9.17) is 15.8 Å². The molecule has 6 heteroatoms. The zero-order chi connectivity index (χ0) is 15.0. The number of hydrazine groups is 1. The maximum absolute atomic E-state index is 11.2. The first-order valence-electron chi connectivity index (χ1n) is 6.38. The molecule has 1 unspecified atom stereocenters. The first-order valence-corrected chi connectivity index (χ1v) is 6.38. The number of nitrogen functional groups attached to an aromatic ring is 1. The van der Waals surface area contributed by atoms with Gasteiger partial charge in [0.1, 0.15) is 12.4 Å². The molecule has 6 nitrogen and oxygen atoms in total. The van der Waals surface area contributed by atoms with Gasteiger partial charge in [-0.1, -0.05) is 0 Å². The van der Waals surface area contributed by atoms with Gasteiger partial charge in [-0.15, -0.1) is 0 Å².